The summed E-state index contributed by atoms with van der Waals surface area (Å²) in [4.78, 5) is 15.9. The average Bonchev–Trinajstić information content (AvgIpc) is 2.81. The molecule has 2 heterocycles. The van der Waals surface area contributed by atoms with Crippen LogP contribution in [0.4, 0.5) is 0 Å². The van der Waals surface area contributed by atoms with E-state index in [1.165, 1.54) is 17.3 Å². The van der Waals surface area contributed by atoms with Crippen LogP contribution in [-0.2, 0) is 13.5 Å². The van der Waals surface area contributed by atoms with E-state index in [1.807, 2.05) is 13.8 Å². The maximum absolute atomic E-state index is 11.9. The minimum Gasteiger partial charge on any atom is -0.503 e. The second-order valence-corrected chi connectivity index (χ2v) is 5.01. The van der Waals surface area contributed by atoms with Crippen LogP contribution in [0.3, 0.4) is 0 Å². The van der Waals surface area contributed by atoms with Crippen molar-refractivity contribution in [3.05, 3.63) is 28.5 Å². The second kappa shape index (κ2) is 5.46. The quantitative estimate of drug-likeness (QED) is 0.854. The summed E-state index contributed by atoms with van der Waals surface area (Å²) in [5, 5.41) is 23.5. The van der Waals surface area contributed by atoms with Crippen molar-refractivity contribution in [2.45, 2.75) is 26.4 Å². The van der Waals surface area contributed by atoms with Crippen LogP contribution >= 0.6 is 0 Å². The number of nitrogens with zero attached hydrogens (tertiary/aromatic N) is 3. The van der Waals surface area contributed by atoms with E-state index in [0.29, 0.717) is 5.69 Å². The van der Waals surface area contributed by atoms with Gasteiger partial charge in [0.15, 0.2) is 23.6 Å². The third kappa shape index (κ3) is 2.72. The Morgan fingerprint density at radius 3 is 2.80 bits per heavy atom. The molecule has 2 aromatic rings. The van der Waals surface area contributed by atoms with Crippen molar-refractivity contribution in [1.29, 1.82) is 0 Å². The normalized spacial score (nSPS) is 12.8. The van der Waals surface area contributed by atoms with Crippen LogP contribution in [0.5, 0.6) is 5.75 Å². The van der Waals surface area contributed by atoms with Crippen LogP contribution in [0.1, 0.15) is 19.5 Å². The van der Waals surface area contributed by atoms with E-state index in [0.717, 1.165) is 0 Å². The maximum atomic E-state index is 11.9. The van der Waals surface area contributed by atoms with Gasteiger partial charge in [-0.05, 0) is 5.92 Å². The summed E-state index contributed by atoms with van der Waals surface area (Å²) >= 11 is 0. The maximum Gasteiger partial charge on any atom is 0.252 e. The minimum atomic E-state index is -0.625. The standard InChI is InChI=1S/C13H17N3O4/c1-7(2)9(17)4-8-13(20-6-14-8)11-12(19)10(18)5-16(3)15-11/h5-7,9,17-18H,4H2,1-3H3. The fourth-order valence-corrected chi connectivity index (χ4v) is 1.78. The van der Waals surface area contributed by atoms with Gasteiger partial charge in [-0.1, -0.05) is 13.8 Å². The Kier molecular flexibility index (Phi) is 3.89. The largest absolute Gasteiger partial charge is 0.503 e. The lowest BCUT2D eigenvalue weighted by atomic mass is 10.0. The first kappa shape index (κ1) is 14.3. The monoisotopic (exact) mass is 279 g/mol. The van der Waals surface area contributed by atoms with Gasteiger partial charge in [0, 0.05) is 13.5 Å². The molecule has 0 aliphatic heterocycles. The molecule has 0 bridgehead atoms. The van der Waals surface area contributed by atoms with Crippen LogP contribution in [0.15, 0.2) is 21.8 Å². The third-order valence-electron chi connectivity index (χ3n) is 3.04. The molecule has 0 radical (unpaired) electrons. The van der Waals surface area contributed by atoms with Crippen molar-refractivity contribution in [3.8, 4) is 17.2 Å². The number of aliphatic hydroxyl groups is 1. The highest BCUT2D eigenvalue weighted by atomic mass is 16.3. The molecular formula is C13H17N3O4. The summed E-state index contributed by atoms with van der Waals surface area (Å²) < 4.78 is 6.53. The molecule has 0 spiro atoms. The van der Waals surface area contributed by atoms with Gasteiger partial charge >= 0.3 is 0 Å². The van der Waals surface area contributed by atoms with Gasteiger partial charge in [-0.3, -0.25) is 9.48 Å². The molecular weight excluding hydrogens is 262 g/mol. The van der Waals surface area contributed by atoms with Gasteiger partial charge in [0.1, 0.15) is 0 Å². The zero-order valence-electron chi connectivity index (χ0n) is 11.6. The molecule has 20 heavy (non-hydrogen) atoms. The van der Waals surface area contributed by atoms with Crippen LogP contribution in [0, 0.1) is 5.92 Å². The highest BCUT2D eigenvalue weighted by Gasteiger charge is 2.21. The number of aliphatic hydroxyl groups excluding tert-OH is 1. The van der Waals surface area contributed by atoms with Gasteiger partial charge in [-0.15, -0.1) is 0 Å². The van der Waals surface area contributed by atoms with E-state index in [9.17, 15) is 15.0 Å². The van der Waals surface area contributed by atoms with Crippen molar-refractivity contribution in [2.24, 2.45) is 13.0 Å². The average molecular weight is 279 g/mol. The summed E-state index contributed by atoms with van der Waals surface area (Å²) in [5.74, 6) is -0.176. The smallest absolute Gasteiger partial charge is 0.252 e. The van der Waals surface area contributed by atoms with Gasteiger partial charge in [0.2, 0.25) is 0 Å². The van der Waals surface area contributed by atoms with Crippen LogP contribution in [0.25, 0.3) is 11.5 Å². The lowest BCUT2D eigenvalue weighted by molar-refractivity contribution is 0.125. The fourth-order valence-electron chi connectivity index (χ4n) is 1.78. The van der Waals surface area contributed by atoms with Gasteiger partial charge in [-0.25, -0.2) is 4.98 Å². The Bertz CT molecular complexity index is 660. The van der Waals surface area contributed by atoms with Crippen molar-refractivity contribution in [2.75, 3.05) is 0 Å². The van der Waals surface area contributed by atoms with E-state index in [2.05, 4.69) is 10.1 Å². The van der Waals surface area contributed by atoms with E-state index in [4.69, 9.17) is 4.42 Å². The molecule has 7 heteroatoms. The molecule has 108 valence electrons. The van der Waals surface area contributed by atoms with Crippen molar-refractivity contribution in [1.82, 2.24) is 14.8 Å². The first-order valence-corrected chi connectivity index (χ1v) is 6.28. The van der Waals surface area contributed by atoms with Crippen LogP contribution < -0.4 is 5.43 Å². The van der Waals surface area contributed by atoms with Gasteiger partial charge in [0.25, 0.3) is 5.43 Å². The second-order valence-electron chi connectivity index (χ2n) is 5.01. The van der Waals surface area contributed by atoms with Gasteiger partial charge in [-0.2, -0.15) is 5.10 Å². The van der Waals surface area contributed by atoms with E-state index in [1.54, 1.807) is 7.05 Å². The van der Waals surface area contributed by atoms with Crippen LogP contribution in [-0.4, -0.2) is 31.1 Å². The molecule has 0 saturated carbocycles. The summed E-state index contributed by atoms with van der Waals surface area (Å²) in [5.41, 5.74) is -0.197. The SMILES string of the molecule is CC(C)C(O)Cc1ncoc1-c1nn(C)cc(O)c1=O. The van der Waals surface area contributed by atoms with E-state index in [-0.39, 0.29) is 23.8 Å². The number of aromatic nitrogens is 3. The van der Waals surface area contributed by atoms with Gasteiger partial charge < -0.3 is 14.6 Å². The lowest BCUT2D eigenvalue weighted by Crippen LogP contribution is -2.19. The van der Waals surface area contributed by atoms with Crippen LogP contribution in [0.2, 0.25) is 0 Å². The number of rotatable bonds is 4. The molecule has 2 rings (SSSR count). The summed E-state index contributed by atoms with van der Waals surface area (Å²) in [7, 11) is 1.58. The topological polar surface area (TPSA) is 101 Å². The summed E-state index contributed by atoms with van der Waals surface area (Å²) in [6.45, 7) is 3.77. The van der Waals surface area contributed by atoms with Crippen molar-refractivity contribution < 1.29 is 14.6 Å². The number of oxazole rings is 1. The zero-order valence-corrected chi connectivity index (χ0v) is 11.6. The van der Waals surface area contributed by atoms with E-state index < -0.39 is 17.3 Å². The molecule has 0 amide bonds. The predicted octanol–water partition coefficient (Wildman–Crippen LogP) is 0.700. The number of aryl methyl sites for hydroxylation is 1. The zero-order chi connectivity index (χ0) is 14.9. The molecule has 0 saturated heterocycles. The first-order chi connectivity index (χ1) is 9.40. The minimum absolute atomic E-state index is 0.0176. The Morgan fingerprint density at radius 1 is 1.45 bits per heavy atom. The highest BCUT2D eigenvalue weighted by molar-refractivity contribution is 5.55. The molecule has 2 N–H and O–H groups in total. The molecule has 0 fully saturated rings. The number of hydrogen-bond donors (Lipinski definition) is 2. The van der Waals surface area contributed by atoms with Crippen molar-refractivity contribution in [3.63, 3.8) is 0 Å². The predicted molar refractivity (Wildman–Crippen MR) is 71.2 cm³/mol. The number of hydrogen-bond acceptors (Lipinski definition) is 6. The Labute approximate surface area is 115 Å². The van der Waals surface area contributed by atoms with Crippen molar-refractivity contribution >= 4 is 0 Å². The van der Waals surface area contributed by atoms with Gasteiger partial charge in [0.05, 0.1) is 18.0 Å². The molecule has 1 atom stereocenters. The fraction of sp³-hybridized carbons (Fsp3) is 0.462. The Hall–Kier alpha value is -2.15. The molecule has 0 aliphatic carbocycles. The molecule has 2 aromatic heterocycles. The highest BCUT2D eigenvalue weighted by Crippen LogP contribution is 2.22. The molecule has 7 nitrogen and oxygen atoms in total. The Morgan fingerprint density at radius 2 is 2.15 bits per heavy atom. The number of aromatic hydroxyl groups is 1. The first-order valence-electron chi connectivity index (χ1n) is 6.28. The molecule has 0 aliphatic rings. The summed E-state index contributed by atoms with van der Waals surface area (Å²) in [6, 6.07) is 0. The third-order valence-corrected chi connectivity index (χ3v) is 3.04. The summed E-state index contributed by atoms with van der Waals surface area (Å²) in [6.07, 6.45) is 2.07. The van der Waals surface area contributed by atoms with E-state index >= 15 is 0 Å². The Balaban J connectivity index is 2.45. The lowest BCUT2D eigenvalue weighted by Gasteiger charge is -2.13. The molecule has 1 unspecified atom stereocenters. The molecule has 0 aromatic carbocycles.